The van der Waals surface area contributed by atoms with Crippen LogP contribution < -0.4 is 5.32 Å². The highest BCUT2D eigenvalue weighted by molar-refractivity contribution is 7.92. The normalized spacial score (nSPS) is 18.3. The Hall–Kier alpha value is -2.45. The van der Waals surface area contributed by atoms with Crippen LogP contribution in [-0.2, 0) is 32.4 Å². The molecule has 1 aliphatic rings. The standard InChI is InChI=1S/C20H20ClFN2O4S/c21-16-10-15(6-7-17(16)22)11-19(25)24-8-9-29(27,28)18(13-24)20(26)23-12-14-4-2-1-3-5-14/h1-7,10,18H,8-9,11-13H2,(H,23,26). The molecule has 1 fully saturated rings. The molecule has 0 saturated carbocycles. The molecule has 2 aromatic carbocycles. The lowest BCUT2D eigenvalue weighted by Crippen LogP contribution is -2.55. The molecule has 1 heterocycles. The van der Waals surface area contributed by atoms with E-state index < -0.39 is 26.8 Å². The number of nitrogens with one attached hydrogen (secondary N) is 1. The average Bonchev–Trinajstić information content (AvgIpc) is 2.69. The highest BCUT2D eigenvalue weighted by Gasteiger charge is 2.39. The van der Waals surface area contributed by atoms with Gasteiger partial charge in [0, 0.05) is 19.6 Å². The number of rotatable bonds is 5. The van der Waals surface area contributed by atoms with E-state index in [1.165, 1.54) is 23.1 Å². The van der Waals surface area contributed by atoms with Crippen molar-refractivity contribution in [3.05, 3.63) is 70.5 Å². The van der Waals surface area contributed by atoms with Crippen molar-refractivity contribution in [2.75, 3.05) is 18.8 Å². The summed E-state index contributed by atoms with van der Waals surface area (Å²) in [6.45, 7) is 0.00297. The third-order valence-corrected chi connectivity index (χ3v) is 7.03. The molecule has 154 valence electrons. The summed E-state index contributed by atoms with van der Waals surface area (Å²) in [6, 6.07) is 13.1. The predicted molar refractivity (Wildman–Crippen MR) is 108 cm³/mol. The van der Waals surface area contributed by atoms with E-state index in [0.717, 1.165) is 5.56 Å². The van der Waals surface area contributed by atoms with Crippen LogP contribution in [0.5, 0.6) is 0 Å². The van der Waals surface area contributed by atoms with Gasteiger partial charge in [-0.1, -0.05) is 48.0 Å². The molecule has 1 N–H and O–H groups in total. The molecule has 1 atom stereocenters. The molecule has 0 bridgehead atoms. The molecule has 0 aromatic heterocycles. The summed E-state index contributed by atoms with van der Waals surface area (Å²) < 4.78 is 38.0. The molecule has 0 aliphatic carbocycles. The molecule has 1 unspecified atom stereocenters. The van der Waals surface area contributed by atoms with Gasteiger partial charge in [-0.25, -0.2) is 12.8 Å². The van der Waals surface area contributed by atoms with Gasteiger partial charge in [0.1, 0.15) is 5.82 Å². The van der Waals surface area contributed by atoms with E-state index >= 15 is 0 Å². The zero-order valence-corrected chi connectivity index (χ0v) is 17.0. The second-order valence-electron chi connectivity index (χ2n) is 6.82. The van der Waals surface area contributed by atoms with Gasteiger partial charge < -0.3 is 10.2 Å². The van der Waals surface area contributed by atoms with E-state index in [1.807, 2.05) is 30.3 Å². The Morgan fingerprint density at radius 2 is 1.86 bits per heavy atom. The highest BCUT2D eigenvalue weighted by atomic mass is 35.5. The van der Waals surface area contributed by atoms with Gasteiger partial charge in [-0.3, -0.25) is 9.59 Å². The fraction of sp³-hybridized carbons (Fsp3) is 0.300. The van der Waals surface area contributed by atoms with Crippen LogP contribution in [0.1, 0.15) is 11.1 Å². The Kier molecular flexibility index (Phi) is 6.54. The molecule has 6 nitrogen and oxygen atoms in total. The Morgan fingerprint density at radius 1 is 1.14 bits per heavy atom. The zero-order valence-electron chi connectivity index (χ0n) is 15.5. The van der Waals surface area contributed by atoms with Crippen LogP contribution in [0.4, 0.5) is 4.39 Å². The van der Waals surface area contributed by atoms with E-state index in [1.54, 1.807) is 0 Å². The van der Waals surface area contributed by atoms with Crippen LogP contribution in [0.15, 0.2) is 48.5 Å². The first-order chi connectivity index (χ1) is 13.8. The molecule has 0 radical (unpaired) electrons. The second-order valence-corrected chi connectivity index (χ2v) is 9.53. The number of amides is 2. The van der Waals surface area contributed by atoms with Gasteiger partial charge in [0.25, 0.3) is 0 Å². The van der Waals surface area contributed by atoms with Crippen LogP contribution in [0, 0.1) is 5.82 Å². The molecule has 29 heavy (non-hydrogen) atoms. The van der Waals surface area contributed by atoms with Crippen molar-refractivity contribution in [3.63, 3.8) is 0 Å². The van der Waals surface area contributed by atoms with E-state index in [-0.39, 0.29) is 42.7 Å². The lowest BCUT2D eigenvalue weighted by Gasteiger charge is -2.32. The minimum Gasteiger partial charge on any atom is -0.351 e. The maximum absolute atomic E-state index is 13.3. The number of hydrogen-bond acceptors (Lipinski definition) is 4. The molecule has 3 rings (SSSR count). The van der Waals surface area contributed by atoms with Gasteiger partial charge in [-0.15, -0.1) is 0 Å². The van der Waals surface area contributed by atoms with Crippen LogP contribution in [-0.4, -0.2) is 49.2 Å². The Bertz CT molecular complexity index is 1010. The Morgan fingerprint density at radius 3 is 2.55 bits per heavy atom. The van der Waals surface area contributed by atoms with Crippen LogP contribution in [0.2, 0.25) is 5.02 Å². The van der Waals surface area contributed by atoms with Crippen molar-refractivity contribution in [1.29, 1.82) is 0 Å². The first-order valence-electron chi connectivity index (χ1n) is 9.01. The maximum atomic E-state index is 13.3. The summed E-state index contributed by atoms with van der Waals surface area (Å²) in [5.74, 6) is -1.84. The molecule has 2 amide bonds. The molecule has 9 heteroatoms. The Labute approximate surface area is 173 Å². The predicted octanol–water partition coefficient (Wildman–Crippen LogP) is 1.96. The number of hydrogen-bond donors (Lipinski definition) is 1. The third-order valence-electron chi connectivity index (χ3n) is 4.76. The molecule has 2 aromatic rings. The lowest BCUT2D eigenvalue weighted by molar-refractivity contribution is -0.131. The van der Waals surface area contributed by atoms with Crippen molar-refractivity contribution in [1.82, 2.24) is 10.2 Å². The first-order valence-corrected chi connectivity index (χ1v) is 11.1. The summed E-state index contributed by atoms with van der Waals surface area (Å²) in [6.07, 6.45) is -0.0571. The van der Waals surface area contributed by atoms with Crippen molar-refractivity contribution in [2.24, 2.45) is 0 Å². The molecular formula is C20H20ClFN2O4S. The highest BCUT2D eigenvalue weighted by Crippen LogP contribution is 2.19. The van der Waals surface area contributed by atoms with E-state index in [0.29, 0.717) is 5.56 Å². The van der Waals surface area contributed by atoms with Crippen LogP contribution in [0.3, 0.4) is 0 Å². The molecule has 0 spiro atoms. The maximum Gasteiger partial charge on any atom is 0.240 e. The fourth-order valence-electron chi connectivity index (χ4n) is 3.09. The molecular weight excluding hydrogens is 419 g/mol. The quantitative estimate of drug-likeness (QED) is 0.773. The van der Waals surface area contributed by atoms with E-state index in [4.69, 9.17) is 11.6 Å². The minimum atomic E-state index is -3.66. The van der Waals surface area contributed by atoms with Crippen molar-refractivity contribution in [2.45, 2.75) is 18.2 Å². The SMILES string of the molecule is O=C(NCc1ccccc1)C1CN(C(=O)Cc2ccc(F)c(Cl)c2)CCS1(=O)=O. The number of carbonyl (C=O) groups is 2. The van der Waals surface area contributed by atoms with Gasteiger partial charge in [0.15, 0.2) is 15.1 Å². The summed E-state index contributed by atoms with van der Waals surface area (Å²) in [5, 5.41) is 1.22. The van der Waals surface area contributed by atoms with E-state index in [2.05, 4.69) is 5.32 Å². The number of sulfone groups is 1. The van der Waals surface area contributed by atoms with Gasteiger partial charge in [0.2, 0.25) is 11.8 Å². The van der Waals surface area contributed by atoms with Gasteiger partial charge >= 0.3 is 0 Å². The van der Waals surface area contributed by atoms with Gasteiger partial charge in [-0.05, 0) is 23.3 Å². The third kappa shape index (κ3) is 5.33. The largest absolute Gasteiger partial charge is 0.351 e. The number of benzene rings is 2. The molecule has 1 saturated heterocycles. The average molecular weight is 439 g/mol. The minimum absolute atomic E-state index is 0.0125. The zero-order chi connectivity index (χ0) is 21.0. The number of nitrogens with zero attached hydrogens (tertiary/aromatic N) is 1. The summed E-state index contributed by atoms with van der Waals surface area (Å²) in [4.78, 5) is 26.4. The summed E-state index contributed by atoms with van der Waals surface area (Å²) >= 11 is 5.74. The van der Waals surface area contributed by atoms with Gasteiger partial charge in [0.05, 0.1) is 17.2 Å². The first kappa shape index (κ1) is 21.3. The van der Waals surface area contributed by atoms with E-state index in [9.17, 15) is 22.4 Å². The van der Waals surface area contributed by atoms with Crippen molar-refractivity contribution < 1.29 is 22.4 Å². The second kappa shape index (κ2) is 8.92. The lowest BCUT2D eigenvalue weighted by atomic mass is 10.1. The summed E-state index contributed by atoms with van der Waals surface area (Å²) in [7, 11) is -3.66. The van der Waals surface area contributed by atoms with Crippen LogP contribution in [0.25, 0.3) is 0 Å². The van der Waals surface area contributed by atoms with Gasteiger partial charge in [-0.2, -0.15) is 0 Å². The van der Waals surface area contributed by atoms with Crippen molar-refractivity contribution >= 4 is 33.3 Å². The number of carbonyl (C=O) groups excluding carboxylic acids is 2. The topological polar surface area (TPSA) is 83.6 Å². The van der Waals surface area contributed by atoms with Crippen LogP contribution >= 0.6 is 11.6 Å². The summed E-state index contributed by atoms with van der Waals surface area (Å²) in [5.41, 5.74) is 1.36. The monoisotopic (exact) mass is 438 g/mol. The van der Waals surface area contributed by atoms with Crippen molar-refractivity contribution in [3.8, 4) is 0 Å². The Balaban J connectivity index is 1.65. The smallest absolute Gasteiger partial charge is 0.240 e. The fourth-order valence-corrected chi connectivity index (χ4v) is 4.87. The number of halogens is 2. The molecule has 1 aliphatic heterocycles.